The van der Waals surface area contributed by atoms with Gasteiger partial charge in [-0.2, -0.15) is 0 Å². The first-order valence-corrected chi connectivity index (χ1v) is 9.20. The highest BCUT2D eigenvalue weighted by atomic mass is 32.2. The van der Waals surface area contributed by atoms with E-state index in [1.165, 1.54) is 11.3 Å². The number of thiophene rings is 1. The fraction of sp³-hybridized carbons (Fsp3) is 0.583. The van der Waals surface area contributed by atoms with Gasteiger partial charge in [-0.25, -0.2) is 8.42 Å². The Kier molecular flexibility index (Phi) is 3.17. The number of carbonyl (C=O) groups excluding carboxylic acids is 1. The van der Waals surface area contributed by atoms with Crippen LogP contribution in [0.5, 0.6) is 0 Å². The number of nitrogens with two attached hydrogens (primary N) is 2. The lowest BCUT2D eigenvalue weighted by Crippen LogP contribution is -2.40. The molecule has 1 aromatic heterocycles. The third-order valence-corrected chi connectivity index (χ3v) is 6.71. The molecule has 6 nitrogen and oxygen atoms in total. The number of hydrogen-bond acceptors (Lipinski definition) is 6. The lowest BCUT2D eigenvalue weighted by atomic mass is 10.1. The average molecular weight is 315 g/mol. The Balaban J connectivity index is 1.96. The van der Waals surface area contributed by atoms with Crippen LogP contribution in [0.1, 0.15) is 34.0 Å². The molecule has 3 rings (SSSR count). The second-order valence-corrected chi connectivity index (χ2v) is 8.64. The van der Waals surface area contributed by atoms with Crippen LogP contribution in [0, 0.1) is 0 Å². The highest BCUT2D eigenvalue weighted by molar-refractivity contribution is 7.91. The normalized spacial score (nSPS) is 21.9. The molecule has 1 aromatic rings. The first-order chi connectivity index (χ1) is 9.39. The van der Waals surface area contributed by atoms with Crippen LogP contribution in [0.3, 0.4) is 0 Å². The molecule has 1 saturated carbocycles. The van der Waals surface area contributed by atoms with Crippen molar-refractivity contribution in [1.29, 1.82) is 0 Å². The van der Waals surface area contributed by atoms with Crippen LogP contribution in [-0.4, -0.2) is 38.9 Å². The molecule has 0 bridgehead atoms. The topological polar surface area (TPSA) is 106 Å². The summed E-state index contributed by atoms with van der Waals surface area (Å²) in [6.45, 7) is 0.917. The molecule has 0 atom stereocenters. The Labute approximate surface area is 121 Å². The maximum atomic E-state index is 11.5. The largest absolute Gasteiger partial charge is 0.397 e. The molecule has 0 unspecified atom stereocenters. The van der Waals surface area contributed by atoms with Gasteiger partial charge in [-0.3, -0.25) is 4.79 Å². The van der Waals surface area contributed by atoms with Crippen molar-refractivity contribution in [3.05, 3.63) is 10.4 Å². The molecule has 4 N–H and O–H groups in total. The van der Waals surface area contributed by atoms with Gasteiger partial charge in [0.05, 0.1) is 22.2 Å². The Hall–Kier alpha value is -1.28. The summed E-state index contributed by atoms with van der Waals surface area (Å²) in [6.07, 6.45) is 2.14. The molecule has 110 valence electrons. The molecule has 20 heavy (non-hydrogen) atoms. The van der Waals surface area contributed by atoms with Gasteiger partial charge in [0.15, 0.2) is 9.84 Å². The van der Waals surface area contributed by atoms with Crippen LogP contribution >= 0.6 is 11.3 Å². The summed E-state index contributed by atoms with van der Waals surface area (Å²) in [5.41, 5.74) is 12.9. The molecular weight excluding hydrogens is 298 g/mol. The molecule has 2 aliphatic rings. The molecule has 0 radical (unpaired) electrons. The number of nitrogen functional groups attached to an aromatic ring is 1. The number of primary amides is 1. The summed E-state index contributed by atoms with van der Waals surface area (Å²) >= 11 is 1.30. The van der Waals surface area contributed by atoms with Gasteiger partial charge in [-0.15, -0.1) is 11.3 Å². The average Bonchev–Trinajstić information content (AvgIpc) is 3.13. The molecule has 0 aromatic carbocycles. The number of carbonyl (C=O) groups is 1. The zero-order valence-corrected chi connectivity index (χ0v) is 12.6. The predicted molar refractivity (Wildman–Crippen MR) is 80.1 cm³/mol. The maximum absolute atomic E-state index is 11.5. The number of amides is 1. The van der Waals surface area contributed by atoms with Gasteiger partial charge in [-0.05, 0) is 18.8 Å². The van der Waals surface area contributed by atoms with Crippen LogP contribution in [0.4, 0.5) is 10.7 Å². The van der Waals surface area contributed by atoms with Crippen LogP contribution in [0.25, 0.3) is 0 Å². The van der Waals surface area contributed by atoms with Gasteiger partial charge in [0, 0.05) is 18.7 Å². The molecule has 1 saturated heterocycles. The number of anilines is 2. The van der Waals surface area contributed by atoms with E-state index in [0.717, 1.165) is 23.4 Å². The van der Waals surface area contributed by atoms with Crippen LogP contribution in [0.2, 0.25) is 0 Å². The number of nitrogens with zero attached hydrogens (tertiary/aromatic N) is 1. The third-order valence-electron chi connectivity index (χ3n) is 3.80. The first-order valence-electron chi connectivity index (χ1n) is 6.56. The zero-order chi connectivity index (χ0) is 14.5. The zero-order valence-electron chi connectivity index (χ0n) is 11.0. The minimum atomic E-state index is -2.92. The van der Waals surface area contributed by atoms with Crippen molar-refractivity contribution < 1.29 is 13.2 Å². The van der Waals surface area contributed by atoms with Crippen molar-refractivity contribution >= 4 is 37.8 Å². The third kappa shape index (κ3) is 2.37. The Bertz CT molecular complexity index is 648. The van der Waals surface area contributed by atoms with E-state index in [-0.39, 0.29) is 11.5 Å². The highest BCUT2D eigenvalue weighted by Gasteiger charge is 2.35. The van der Waals surface area contributed by atoms with E-state index in [4.69, 9.17) is 11.5 Å². The molecule has 2 heterocycles. The van der Waals surface area contributed by atoms with Crippen molar-refractivity contribution in [3.8, 4) is 0 Å². The first kappa shape index (κ1) is 13.7. The smallest absolute Gasteiger partial charge is 0.260 e. The van der Waals surface area contributed by atoms with E-state index in [1.54, 1.807) is 0 Å². The van der Waals surface area contributed by atoms with E-state index in [1.807, 2.05) is 4.90 Å². The van der Waals surface area contributed by atoms with Gasteiger partial charge < -0.3 is 16.4 Å². The molecule has 1 aliphatic heterocycles. The summed E-state index contributed by atoms with van der Waals surface area (Å²) < 4.78 is 23.0. The van der Waals surface area contributed by atoms with Crippen LogP contribution in [-0.2, 0) is 9.84 Å². The molecule has 2 fully saturated rings. The Morgan fingerprint density at radius 3 is 2.35 bits per heavy atom. The summed E-state index contributed by atoms with van der Waals surface area (Å²) in [7, 11) is -2.92. The van der Waals surface area contributed by atoms with Crippen LogP contribution < -0.4 is 16.4 Å². The number of rotatable bonds is 3. The molecule has 8 heteroatoms. The molecular formula is C12H17N3O3S2. The van der Waals surface area contributed by atoms with Crippen molar-refractivity contribution in [2.45, 2.75) is 18.8 Å². The summed E-state index contributed by atoms with van der Waals surface area (Å²) in [4.78, 5) is 13.9. The summed E-state index contributed by atoms with van der Waals surface area (Å²) in [6, 6.07) is 0. The monoisotopic (exact) mass is 315 g/mol. The molecule has 1 aliphatic carbocycles. The maximum Gasteiger partial charge on any atom is 0.260 e. The van der Waals surface area contributed by atoms with E-state index >= 15 is 0 Å². The van der Waals surface area contributed by atoms with Crippen molar-refractivity contribution in [2.24, 2.45) is 5.73 Å². The van der Waals surface area contributed by atoms with Crippen molar-refractivity contribution in [3.63, 3.8) is 0 Å². The second kappa shape index (κ2) is 4.63. The van der Waals surface area contributed by atoms with Gasteiger partial charge in [0.2, 0.25) is 0 Å². The fourth-order valence-corrected chi connectivity index (χ4v) is 4.96. The summed E-state index contributed by atoms with van der Waals surface area (Å²) in [5.74, 6) is 0.194. The van der Waals surface area contributed by atoms with E-state index in [2.05, 4.69) is 0 Å². The Morgan fingerprint density at radius 2 is 1.85 bits per heavy atom. The van der Waals surface area contributed by atoms with E-state index in [0.29, 0.717) is 29.6 Å². The van der Waals surface area contributed by atoms with Gasteiger partial charge >= 0.3 is 0 Å². The number of hydrogen-bond donors (Lipinski definition) is 2. The van der Waals surface area contributed by atoms with Gasteiger partial charge in [0.1, 0.15) is 4.88 Å². The van der Waals surface area contributed by atoms with Gasteiger partial charge in [-0.1, -0.05) is 0 Å². The lowest BCUT2D eigenvalue weighted by Gasteiger charge is -2.28. The quantitative estimate of drug-likeness (QED) is 0.846. The van der Waals surface area contributed by atoms with Crippen molar-refractivity contribution in [2.75, 3.05) is 35.2 Å². The fourth-order valence-electron chi connectivity index (χ4n) is 2.54. The van der Waals surface area contributed by atoms with Crippen molar-refractivity contribution in [1.82, 2.24) is 0 Å². The van der Waals surface area contributed by atoms with Gasteiger partial charge in [0.25, 0.3) is 5.91 Å². The highest BCUT2D eigenvalue weighted by Crippen LogP contribution is 2.52. The minimum absolute atomic E-state index is 0.154. The predicted octanol–water partition coefficient (Wildman–Crippen LogP) is 0.541. The standard InChI is InChI=1S/C12H17N3O3S2/c13-9-8(7-1-2-7)12(19-10(9)11(14)16)15-3-5-20(17,18)6-4-15/h7H,1-6,13H2,(H2,14,16). The SMILES string of the molecule is NC(=O)c1sc(N2CCS(=O)(=O)CC2)c(C2CC2)c1N. The van der Waals surface area contributed by atoms with E-state index in [9.17, 15) is 13.2 Å². The summed E-state index contributed by atoms with van der Waals surface area (Å²) in [5, 5.41) is 0.939. The van der Waals surface area contributed by atoms with E-state index < -0.39 is 15.7 Å². The van der Waals surface area contributed by atoms with Crippen LogP contribution in [0.15, 0.2) is 0 Å². The molecule has 0 spiro atoms. The number of sulfone groups is 1. The Morgan fingerprint density at radius 1 is 1.25 bits per heavy atom. The second-order valence-electron chi connectivity index (χ2n) is 5.34. The molecule has 1 amide bonds. The lowest BCUT2D eigenvalue weighted by molar-refractivity contribution is 0.100. The minimum Gasteiger partial charge on any atom is -0.397 e.